The average molecular weight is 269 g/mol. The molecule has 0 aliphatic carbocycles. The highest BCUT2D eigenvalue weighted by Gasteiger charge is 2.14. The summed E-state index contributed by atoms with van der Waals surface area (Å²) < 4.78 is 8.81. The number of hydrogen-bond donors (Lipinski definition) is 0. The zero-order valence-electron chi connectivity index (χ0n) is 10.8. The van der Waals surface area contributed by atoms with Gasteiger partial charge in [0.1, 0.15) is 0 Å². The van der Waals surface area contributed by atoms with Gasteiger partial charge in [-0.1, -0.05) is 49.7 Å². The molecule has 0 aromatic heterocycles. The quantitative estimate of drug-likeness (QED) is 0.479. The lowest BCUT2D eigenvalue weighted by atomic mass is 10.2. The SMILES string of the molecule is CC(C)C(OC#N)OC=O.Cc1ccccc1.S. The summed E-state index contributed by atoms with van der Waals surface area (Å²) in [6.45, 7) is 5.92. The Morgan fingerprint density at radius 3 is 2.11 bits per heavy atom. The fourth-order valence-corrected chi connectivity index (χ4v) is 0.962. The highest BCUT2D eigenvalue weighted by atomic mass is 32.1. The molecule has 0 fully saturated rings. The molecule has 0 aliphatic rings. The number of carbonyl (C=O) groups is 1. The Bertz CT molecular complexity index is 349. The largest absolute Gasteiger partial charge is 0.426 e. The van der Waals surface area contributed by atoms with Gasteiger partial charge in [-0.05, 0) is 6.92 Å². The van der Waals surface area contributed by atoms with Crippen LogP contribution in [0.15, 0.2) is 30.3 Å². The molecule has 18 heavy (non-hydrogen) atoms. The minimum absolute atomic E-state index is 0. The molecule has 1 aromatic rings. The summed E-state index contributed by atoms with van der Waals surface area (Å²) in [5.41, 5.74) is 1.32. The van der Waals surface area contributed by atoms with Crippen molar-refractivity contribution in [2.75, 3.05) is 0 Å². The number of ether oxygens (including phenoxy) is 2. The molecule has 0 aliphatic heterocycles. The third-order valence-corrected chi connectivity index (χ3v) is 1.84. The maximum atomic E-state index is 9.78. The van der Waals surface area contributed by atoms with Crippen molar-refractivity contribution in [3.8, 4) is 6.26 Å². The van der Waals surface area contributed by atoms with Crippen LogP contribution in [0.2, 0.25) is 0 Å². The number of nitriles is 1. The van der Waals surface area contributed by atoms with E-state index in [-0.39, 0.29) is 25.9 Å². The molecule has 5 heteroatoms. The number of hydrogen-bond acceptors (Lipinski definition) is 4. The summed E-state index contributed by atoms with van der Waals surface area (Å²) in [6.07, 6.45) is 0.702. The number of rotatable bonds is 4. The molecule has 0 spiro atoms. The zero-order chi connectivity index (χ0) is 13.1. The van der Waals surface area contributed by atoms with Crippen LogP contribution < -0.4 is 0 Å². The molecule has 1 atom stereocenters. The highest BCUT2D eigenvalue weighted by Crippen LogP contribution is 2.05. The van der Waals surface area contributed by atoms with Crippen molar-refractivity contribution < 1.29 is 14.3 Å². The molecule has 0 heterocycles. The summed E-state index contributed by atoms with van der Waals surface area (Å²) in [4.78, 5) is 9.78. The first kappa shape index (κ1) is 18.7. The van der Waals surface area contributed by atoms with Gasteiger partial charge in [0.15, 0.2) is 0 Å². The van der Waals surface area contributed by atoms with Gasteiger partial charge in [0.25, 0.3) is 19.0 Å². The van der Waals surface area contributed by atoms with E-state index in [1.807, 2.05) is 18.2 Å². The maximum absolute atomic E-state index is 9.78. The predicted octanol–water partition coefficient (Wildman–Crippen LogP) is 2.75. The van der Waals surface area contributed by atoms with Crippen LogP contribution in [0.5, 0.6) is 0 Å². The number of carbonyl (C=O) groups excluding carboxylic acids is 1. The van der Waals surface area contributed by atoms with Crippen LogP contribution in [0.25, 0.3) is 0 Å². The minimum atomic E-state index is -0.748. The van der Waals surface area contributed by atoms with E-state index in [2.05, 4.69) is 28.5 Å². The van der Waals surface area contributed by atoms with Crippen molar-refractivity contribution in [3.63, 3.8) is 0 Å². The molecule has 0 saturated heterocycles. The van der Waals surface area contributed by atoms with Crippen LogP contribution >= 0.6 is 13.5 Å². The molecule has 1 aromatic carbocycles. The van der Waals surface area contributed by atoms with Crippen LogP contribution in [0.4, 0.5) is 0 Å². The van der Waals surface area contributed by atoms with Crippen LogP contribution in [0, 0.1) is 24.4 Å². The zero-order valence-corrected chi connectivity index (χ0v) is 11.8. The number of nitrogens with zero attached hydrogens (tertiary/aromatic N) is 1. The Morgan fingerprint density at radius 2 is 1.83 bits per heavy atom. The van der Waals surface area contributed by atoms with Crippen molar-refractivity contribution in [1.82, 2.24) is 0 Å². The van der Waals surface area contributed by atoms with Gasteiger partial charge in [0, 0.05) is 5.92 Å². The van der Waals surface area contributed by atoms with Crippen LogP contribution in [0.3, 0.4) is 0 Å². The van der Waals surface area contributed by atoms with Crippen LogP contribution in [-0.4, -0.2) is 12.8 Å². The van der Waals surface area contributed by atoms with Crippen LogP contribution in [-0.2, 0) is 14.3 Å². The molecule has 0 amide bonds. The van der Waals surface area contributed by atoms with Crippen molar-refractivity contribution in [2.45, 2.75) is 27.1 Å². The lowest BCUT2D eigenvalue weighted by molar-refractivity contribution is -0.158. The molecule has 1 unspecified atom stereocenters. The molecular weight excluding hydrogens is 250 g/mol. The molecule has 0 radical (unpaired) electrons. The normalized spacial score (nSPS) is 9.94. The van der Waals surface area contributed by atoms with Crippen molar-refractivity contribution in [1.29, 1.82) is 5.26 Å². The lowest BCUT2D eigenvalue weighted by Gasteiger charge is -2.14. The Morgan fingerprint density at radius 1 is 1.28 bits per heavy atom. The van der Waals surface area contributed by atoms with E-state index in [0.717, 1.165) is 0 Å². The van der Waals surface area contributed by atoms with Crippen molar-refractivity contribution in [3.05, 3.63) is 35.9 Å². The third kappa shape index (κ3) is 9.55. The van der Waals surface area contributed by atoms with E-state index in [1.54, 1.807) is 13.8 Å². The van der Waals surface area contributed by atoms with Crippen molar-refractivity contribution in [2.24, 2.45) is 5.92 Å². The van der Waals surface area contributed by atoms with E-state index in [9.17, 15) is 4.79 Å². The summed E-state index contributed by atoms with van der Waals surface area (Å²) >= 11 is 0. The molecule has 0 saturated carbocycles. The summed E-state index contributed by atoms with van der Waals surface area (Å²) in [7, 11) is 0. The first-order valence-corrected chi connectivity index (χ1v) is 5.27. The van der Waals surface area contributed by atoms with E-state index in [1.165, 1.54) is 11.8 Å². The molecule has 1 rings (SSSR count). The average Bonchev–Trinajstić information content (AvgIpc) is 2.30. The highest BCUT2D eigenvalue weighted by molar-refractivity contribution is 7.59. The van der Waals surface area contributed by atoms with Gasteiger partial charge < -0.3 is 9.47 Å². The summed E-state index contributed by atoms with van der Waals surface area (Å²) in [5.74, 6) is -0.00940. The van der Waals surface area contributed by atoms with Crippen molar-refractivity contribution >= 4 is 20.0 Å². The fourth-order valence-electron chi connectivity index (χ4n) is 0.962. The maximum Gasteiger partial charge on any atom is 0.296 e. The lowest BCUT2D eigenvalue weighted by Crippen LogP contribution is -2.20. The van der Waals surface area contributed by atoms with Gasteiger partial charge in [0.05, 0.1) is 0 Å². The second kappa shape index (κ2) is 11.8. The molecule has 100 valence electrons. The van der Waals surface area contributed by atoms with E-state index >= 15 is 0 Å². The van der Waals surface area contributed by atoms with Gasteiger partial charge in [-0.3, -0.25) is 4.79 Å². The summed E-state index contributed by atoms with van der Waals surface area (Å²) in [5, 5.41) is 8.04. The monoisotopic (exact) mass is 269 g/mol. The molecular formula is C13H19NO3S. The minimum Gasteiger partial charge on any atom is -0.426 e. The van der Waals surface area contributed by atoms with Gasteiger partial charge in [-0.15, -0.1) is 0 Å². The molecule has 4 nitrogen and oxygen atoms in total. The number of benzene rings is 1. The first-order chi connectivity index (χ1) is 8.11. The smallest absolute Gasteiger partial charge is 0.296 e. The van der Waals surface area contributed by atoms with Gasteiger partial charge in [-0.2, -0.15) is 18.8 Å². The fraction of sp³-hybridized carbons (Fsp3) is 0.385. The third-order valence-electron chi connectivity index (χ3n) is 1.84. The van der Waals surface area contributed by atoms with Gasteiger partial charge in [-0.25, -0.2) is 0 Å². The standard InChI is InChI=1S/C7H8.C6H9NO3.H2S/c1-7-5-3-2-4-6-7;1-5(2)6(9-3-7)10-4-8;/h2-6H,1H3;4-6H,1-2H3;1H2. The van der Waals surface area contributed by atoms with E-state index in [4.69, 9.17) is 5.26 Å². The molecule has 0 N–H and O–H groups in total. The predicted molar refractivity (Wildman–Crippen MR) is 74.0 cm³/mol. The Kier molecular flexibility index (Phi) is 12.3. The second-order valence-electron chi connectivity index (χ2n) is 3.71. The van der Waals surface area contributed by atoms with Crippen LogP contribution in [0.1, 0.15) is 19.4 Å². The Balaban J connectivity index is 0. The Labute approximate surface area is 115 Å². The van der Waals surface area contributed by atoms with Gasteiger partial charge >= 0.3 is 0 Å². The number of aryl methyl sites for hydroxylation is 1. The van der Waals surface area contributed by atoms with E-state index < -0.39 is 6.29 Å². The topological polar surface area (TPSA) is 59.3 Å². The van der Waals surface area contributed by atoms with Gasteiger partial charge in [0.2, 0.25) is 0 Å². The van der Waals surface area contributed by atoms with E-state index in [0.29, 0.717) is 0 Å². The summed E-state index contributed by atoms with van der Waals surface area (Å²) in [6, 6.07) is 10.3. The first-order valence-electron chi connectivity index (χ1n) is 5.27. The second-order valence-corrected chi connectivity index (χ2v) is 3.71. The molecule has 0 bridgehead atoms. The Hall–Kier alpha value is -1.67.